The Kier molecular flexibility index (Phi) is 2.78. The van der Waals surface area contributed by atoms with E-state index in [9.17, 15) is 9.59 Å². The van der Waals surface area contributed by atoms with Crippen LogP contribution in [0.15, 0.2) is 0 Å². The Hall–Kier alpha value is -1.26. The maximum atomic E-state index is 11.8. The van der Waals surface area contributed by atoms with E-state index in [0.29, 0.717) is 25.6 Å². The lowest BCUT2D eigenvalue weighted by Crippen LogP contribution is -2.47. The molecule has 2 aliphatic rings. The van der Waals surface area contributed by atoms with E-state index in [0.717, 1.165) is 12.8 Å². The molecule has 1 aliphatic heterocycles. The molecule has 1 unspecified atom stereocenters. The van der Waals surface area contributed by atoms with Gasteiger partial charge in [-0.3, -0.25) is 4.79 Å². The van der Waals surface area contributed by atoms with Gasteiger partial charge in [-0.15, -0.1) is 0 Å². The second-order valence-corrected chi connectivity index (χ2v) is 5.17. The van der Waals surface area contributed by atoms with E-state index in [2.05, 4.69) is 5.32 Å². The molecule has 0 bridgehead atoms. The predicted molar refractivity (Wildman–Crippen MR) is 59.7 cm³/mol. The number of likely N-dealkylation sites (tertiary alicyclic amines) is 1. The van der Waals surface area contributed by atoms with E-state index in [1.54, 1.807) is 4.90 Å². The van der Waals surface area contributed by atoms with Gasteiger partial charge in [0.15, 0.2) is 0 Å². The molecule has 5 nitrogen and oxygen atoms in total. The van der Waals surface area contributed by atoms with Crippen LogP contribution < -0.4 is 11.1 Å². The van der Waals surface area contributed by atoms with Crippen molar-refractivity contribution in [2.75, 3.05) is 13.1 Å². The fraction of sp³-hybridized carbons (Fsp3) is 0.818. The molecule has 5 heteroatoms. The third-order valence-electron chi connectivity index (χ3n) is 3.79. The van der Waals surface area contributed by atoms with Crippen LogP contribution in [0.2, 0.25) is 0 Å². The number of hydrogen-bond acceptors (Lipinski definition) is 2. The first kappa shape index (κ1) is 11.2. The van der Waals surface area contributed by atoms with Gasteiger partial charge in [-0.05, 0) is 32.6 Å². The summed E-state index contributed by atoms with van der Waals surface area (Å²) < 4.78 is 0. The summed E-state index contributed by atoms with van der Waals surface area (Å²) in [5.74, 6) is -0.313. The molecule has 3 N–H and O–H groups in total. The highest BCUT2D eigenvalue weighted by Crippen LogP contribution is 2.29. The first-order chi connectivity index (χ1) is 7.51. The molecule has 90 valence electrons. The van der Waals surface area contributed by atoms with Gasteiger partial charge < -0.3 is 16.0 Å². The zero-order valence-electron chi connectivity index (χ0n) is 9.66. The highest BCUT2D eigenvalue weighted by atomic mass is 16.2. The minimum Gasteiger partial charge on any atom is -0.369 e. The molecule has 2 fully saturated rings. The topological polar surface area (TPSA) is 75.4 Å². The van der Waals surface area contributed by atoms with Gasteiger partial charge >= 0.3 is 6.03 Å². The Morgan fingerprint density at radius 2 is 2.12 bits per heavy atom. The number of carbonyl (C=O) groups excluding carboxylic acids is 2. The zero-order valence-corrected chi connectivity index (χ0v) is 9.66. The minimum absolute atomic E-state index is 0.0466. The number of urea groups is 1. The van der Waals surface area contributed by atoms with Crippen molar-refractivity contribution in [2.24, 2.45) is 11.1 Å². The van der Waals surface area contributed by atoms with Gasteiger partial charge in [-0.25, -0.2) is 4.79 Å². The van der Waals surface area contributed by atoms with Gasteiger partial charge in [-0.1, -0.05) is 0 Å². The van der Waals surface area contributed by atoms with Crippen molar-refractivity contribution in [3.63, 3.8) is 0 Å². The quantitative estimate of drug-likeness (QED) is 0.715. The van der Waals surface area contributed by atoms with Crippen molar-refractivity contribution < 1.29 is 9.59 Å². The minimum atomic E-state index is -0.545. The van der Waals surface area contributed by atoms with Gasteiger partial charge in [0.05, 0.1) is 5.41 Å². The van der Waals surface area contributed by atoms with Crippen molar-refractivity contribution in [1.82, 2.24) is 10.2 Å². The number of nitrogens with two attached hydrogens (primary N) is 1. The number of nitrogens with one attached hydrogen (secondary N) is 1. The monoisotopic (exact) mass is 225 g/mol. The Balaban J connectivity index is 1.87. The average Bonchev–Trinajstić information content (AvgIpc) is 2.56. The smallest absolute Gasteiger partial charge is 0.317 e. The van der Waals surface area contributed by atoms with Crippen LogP contribution in [0.4, 0.5) is 4.79 Å². The maximum Gasteiger partial charge on any atom is 0.317 e. The molecule has 1 saturated carbocycles. The Labute approximate surface area is 95.3 Å². The molecule has 0 radical (unpaired) electrons. The number of hydrogen-bond donors (Lipinski definition) is 2. The molecule has 3 amide bonds. The summed E-state index contributed by atoms with van der Waals surface area (Å²) in [5, 5.41) is 2.97. The highest BCUT2D eigenvalue weighted by Gasteiger charge is 2.41. The van der Waals surface area contributed by atoms with Crippen LogP contribution in [-0.2, 0) is 4.79 Å². The molecule has 0 aromatic heterocycles. The number of amides is 3. The second-order valence-electron chi connectivity index (χ2n) is 5.17. The van der Waals surface area contributed by atoms with Crippen molar-refractivity contribution in [1.29, 1.82) is 0 Å². The van der Waals surface area contributed by atoms with E-state index in [1.807, 2.05) is 6.92 Å². The number of rotatable bonds is 2. The molecule has 0 aromatic carbocycles. The van der Waals surface area contributed by atoms with Gasteiger partial charge in [0.2, 0.25) is 5.91 Å². The van der Waals surface area contributed by atoms with Gasteiger partial charge in [0.1, 0.15) is 0 Å². The van der Waals surface area contributed by atoms with Crippen molar-refractivity contribution in [2.45, 2.75) is 38.6 Å². The van der Waals surface area contributed by atoms with Gasteiger partial charge in [0.25, 0.3) is 0 Å². The lowest BCUT2D eigenvalue weighted by molar-refractivity contribution is -0.126. The van der Waals surface area contributed by atoms with Crippen LogP contribution in [-0.4, -0.2) is 36.0 Å². The standard InChI is InChI=1S/C11H19N3O2/c1-11(9(12)15)5-6-14(7-11)10(16)13-8-3-2-4-8/h8H,2-7H2,1H3,(H2,12,15)(H,13,16). The van der Waals surface area contributed by atoms with Crippen molar-refractivity contribution >= 4 is 11.9 Å². The van der Waals surface area contributed by atoms with Gasteiger partial charge in [-0.2, -0.15) is 0 Å². The van der Waals surface area contributed by atoms with Crippen molar-refractivity contribution in [3.8, 4) is 0 Å². The number of nitrogens with zero attached hydrogens (tertiary/aromatic N) is 1. The van der Waals surface area contributed by atoms with Crippen LogP contribution >= 0.6 is 0 Å². The Morgan fingerprint density at radius 3 is 2.56 bits per heavy atom. The average molecular weight is 225 g/mol. The summed E-state index contributed by atoms with van der Waals surface area (Å²) >= 11 is 0. The fourth-order valence-corrected chi connectivity index (χ4v) is 2.15. The largest absolute Gasteiger partial charge is 0.369 e. The molecule has 1 atom stereocenters. The Bertz CT molecular complexity index is 314. The maximum absolute atomic E-state index is 11.8. The summed E-state index contributed by atoms with van der Waals surface area (Å²) in [5.41, 5.74) is 4.79. The van der Waals surface area contributed by atoms with Crippen LogP contribution in [0.3, 0.4) is 0 Å². The number of primary amides is 1. The van der Waals surface area contributed by atoms with Crippen LogP contribution in [0.25, 0.3) is 0 Å². The van der Waals surface area contributed by atoms with Crippen molar-refractivity contribution in [3.05, 3.63) is 0 Å². The molecule has 16 heavy (non-hydrogen) atoms. The summed E-state index contributed by atoms with van der Waals surface area (Å²) in [4.78, 5) is 24.8. The van der Waals surface area contributed by atoms with E-state index in [1.165, 1.54) is 6.42 Å². The lowest BCUT2D eigenvalue weighted by atomic mass is 9.89. The molecule has 0 aromatic rings. The third-order valence-corrected chi connectivity index (χ3v) is 3.79. The molecular weight excluding hydrogens is 206 g/mol. The summed E-state index contributed by atoms with van der Waals surface area (Å²) in [6.45, 7) is 2.89. The zero-order chi connectivity index (χ0) is 11.8. The lowest BCUT2D eigenvalue weighted by Gasteiger charge is -2.29. The van der Waals surface area contributed by atoms with E-state index < -0.39 is 5.41 Å². The van der Waals surface area contributed by atoms with E-state index in [-0.39, 0.29) is 11.9 Å². The number of carbonyl (C=O) groups is 2. The van der Waals surface area contributed by atoms with Crippen LogP contribution in [0.1, 0.15) is 32.6 Å². The van der Waals surface area contributed by atoms with Crippen LogP contribution in [0, 0.1) is 5.41 Å². The molecule has 0 spiro atoms. The molecular formula is C11H19N3O2. The first-order valence-electron chi connectivity index (χ1n) is 5.87. The molecule has 1 aliphatic carbocycles. The fourth-order valence-electron chi connectivity index (χ4n) is 2.15. The second kappa shape index (κ2) is 3.96. The van der Waals surface area contributed by atoms with Crippen LogP contribution in [0.5, 0.6) is 0 Å². The highest BCUT2D eigenvalue weighted by molar-refractivity contribution is 5.83. The third kappa shape index (κ3) is 1.99. The van der Waals surface area contributed by atoms with E-state index >= 15 is 0 Å². The summed E-state index contributed by atoms with van der Waals surface area (Å²) in [7, 11) is 0. The SMILES string of the molecule is CC1(C(N)=O)CCN(C(=O)NC2CCC2)C1. The summed E-state index contributed by atoms with van der Waals surface area (Å²) in [6, 6.07) is 0.294. The predicted octanol–water partition coefficient (Wildman–Crippen LogP) is 0.446. The molecule has 2 rings (SSSR count). The van der Waals surface area contributed by atoms with Gasteiger partial charge in [0, 0.05) is 19.1 Å². The van der Waals surface area contributed by atoms with E-state index in [4.69, 9.17) is 5.73 Å². The molecule has 1 heterocycles. The molecule has 1 saturated heterocycles. The first-order valence-corrected chi connectivity index (χ1v) is 5.87. The summed E-state index contributed by atoms with van der Waals surface area (Å²) in [6.07, 6.45) is 4.02. The normalized spacial score (nSPS) is 29.9. The Morgan fingerprint density at radius 1 is 1.44 bits per heavy atom.